The molecule has 5 nitrogen and oxygen atoms in total. The van der Waals surface area contributed by atoms with Crippen LogP contribution in [-0.2, 0) is 10.0 Å². The quantitative estimate of drug-likeness (QED) is 0.824. The lowest BCUT2D eigenvalue weighted by Gasteiger charge is -2.26. The second kappa shape index (κ2) is 8.41. The summed E-state index contributed by atoms with van der Waals surface area (Å²) >= 11 is 0. The van der Waals surface area contributed by atoms with Crippen LogP contribution in [0.4, 0.5) is 4.39 Å². The molecule has 1 unspecified atom stereocenters. The van der Waals surface area contributed by atoms with Crippen LogP contribution < -0.4 is 5.32 Å². The summed E-state index contributed by atoms with van der Waals surface area (Å²) < 4.78 is 40.6. The molecule has 0 aliphatic carbocycles. The van der Waals surface area contributed by atoms with Gasteiger partial charge in [0.2, 0.25) is 10.0 Å². The topological polar surface area (TPSA) is 66.5 Å². The third-order valence-electron chi connectivity index (χ3n) is 5.10. The largest absolute Gasteiger partial charge is 0.346 e. The summed E-state index contributed by atoms with van der Waals surface area (Å²) in [4.78, 5) is 12.8. The highest BCUT2D eigenvalue weighted by molar-refractivity contribution is 7.89. The third kappa shape index (κ3) is 4.42. The summed E-state index contributed by atoms with van der Waals surface area (Å²) in [6, 6.07) is 10.3. The van der Waals surface area contributed by atoms with Crippen LogP contribution in [0.15, 0.2) is 47.4 Å². The van der Waals surface area contributed by atoms with E-state index in [2.05, 4.69) is 5.32 Å². The molecule has 0 spiro atoms. The molecule has 1 amide bonds. The van der Waals surface area contributed by atoms with Crippen LogP contribution in [0.1, 0.15) is 53.7 Å². The first kappa shape index (κ1) is 20.5. The Hall–Kier alpha value is -2.25. The molecule has 150 valence electrons. The Kier molecular flexibility index (Phi) is 6.15. The fourth-order valence-corrected chi connectivity index (χ4v) is 5.15. The van der Waals surface area contributed by atoms with Crippen LogP contribution >= 0.6 is 0 Å². The highest BCUT2D eigenvalue weighted by Gasteiger charge is 2.28. The van der Waals surface area contributed by atoms with Crippen LogP contribution in [0.2, 0.25) is 0 Å². The van der Waals surface area contributed by atoms with Crippen molar-refractivity contribution in [3.05, 3.63) is 65.0 Å². The van der Waals surface area contributed by atoms with E-state index in [0.717, 1.165) is 24.8 Å². The minimum atomic E-state index is -3.62. The van der Waals surface area contributed by atoms with Crippen molar-refractivity contribution in [1.29, 1.82) is 0 Å². The molecule has 0 radical (unpaired) electrons. The van der Waals surface area contributed by atoms with Gasteiger partial charge >= 0.3 is 0 Å². The van der Waals surface area contributed by atoms with Gasteiger partial charge in [0.25, 0.3) is 5.91 Å². The van der Waals surface area contributed by atoms with Crippen molar-refractivity contribution in [3.8, 4) is 0 Å². The highest BCUT2D eigenvalue weighted by atomic mass is 32.2. The van der Waals surface area contributed by atoms with Crippen molar-refractivity contribution in [2.24, 2.45) is 0 Å². The van der Waals surface area contributed by atoms with Crippen molar-refractivity contribution in [1.82, 2.24) is 9.62 Å². The monoisotopic (exact) mass is 404 g/mol. The fraction of sp³-hybridized carbons (Fsp3) is 0.381. The van der Waals surface area contributed by atoms with Crippen molar-refractivity contribution < 1.29 is 17.6 Å². The number of rotatable bonds is 5. The molecule has 0 aromatic heterocycles. The number of nitrogens with one attached hydrogen (secondary N) is 1. The molecule has 1 aliphatic rings. The zero-order valence-electron chi connectivity index (χ0n) is 16.1. The number of nitrogens with zero attached hydrogens (tertiary/aromatic N) is 1. The molecule has 2 aromatic carbocycles. The summed E-state index contributed by atoms with van der Waals surface area (Å²) in [6.45, 7) is 4.56. The first-order chi connectivity index (χ1) is 13.3. The number of sulfonamides is 1. The predicted octanol–water partition coefficient (Wildman–Crippen LogP) is 3.80. The van der Waals surface area contributed by atoms with E-state index in [9.17, 15) is 17.6 Å². The maximum absolute atomic E-state index is 13.1. The number of amides is 1. The standard InChI is InChI=1S/C21H25FN2O3S/c1-15-6-7-18(14-20(15)28(26,27)24-12-4-3-5-13-24)21(25)23-16(2)17-8-10-19(22)11-9-17/h6-11,14,16H,3-5,12-13H2,1-2H3,(H,23,25). The van der Waals surface area contributed by atoms with Crippen LogP contribution in [0.3, 0.4) is 0 Å². The van der Waals surface area contributed by atoms with Gasteiger partial charge in [-0.15, -0.1) is 0 Å². The first-order valence-corrected chi connectivity index (χ1v) is 10.9. The maximum Gasteiger partial charge on any atom is 0.251 e. The summed E-state index contributed by atoms with van der Waals surface area (Å²) in [5, 5.41) is 2.84. The number of piperidine rings is 1. The van der Waals surface area contributed by atoms with Crippen molar-refractivity contribution in [3.63, 3.8) is 0 Å². The molecule has 1 aliphatic heterocycles. The Balaban J connectivity index is 1.82. The van der Waals surface area contributed by atoms with E-state index in [1.54, 1.807) is 38.1 Å². The Morgan fingerprint density at radius 1 is 1.07 bits per heavy atom. The number of benzene rings is 2. The zero-order chi connectivity index (χ0) is 20.3. The van der Waals surface area contributed by atoms with Crippen molar-refractivity contribution in [2.45, 2.75) is 44.0 Å². The molecule has 2 aromatic rings. The molecular weight excluding hydrogens is 379 g/mol. The molecule has 3 rings (SSSR count). The number of carbonyl (C=O) groups excluding carboxylic acids is 1. The van der Waals surface area contributed by atoms with E-state index in [0.29, 0.717) is 18.7 Å². The van der Waals surface area contributed by atoms with Gasteiger partial charge in [-0.25, -0.2) is 12.8 Å². The summed E-state index contributed by atoms with van der Waals surface area (Å²) in [5.74, 6) is -0.708. The molecule has 1 heterocycles. The lowest BCUT2D eigenvalue weighted by Crippen LogP contribution is -2.36. The van der Waals surface area contributed by atoms with E-state index in [1.807, 2.05) is 0 Å². The Labute approximate surface area is 165 Å². The molecule has 0 saturated carbocycles. The van der Waals surface area contributed by atoms with Crippen LogP contribution in [0.25, 0.3) is 0 Å². The molecule has 7 heteroatoms. The van der Waals surface area contributed by atoms with Gasteiger partial charge in [-0.1, -0.05) is 24.6 Å². The molecule has 1 N–H and O–H groups in total. The second-order valence-electron chi connectivity index (χ2n) is 7.19. The molecule has 0 bridgehead atoms. The Bertz CT molecular complexity index is 952. The van der Waals surface area contributed by atoms with Gasteiger partial charge in [0.15, 0.2) is 0 Å². The number of halogens is 1. The molecular formula is C21H25FN2O3S. The van der Waals surface area contributed by atoms with Crippen molar-refractivity contribution >= 4 is 15.9 Å². The molecule has 1 fully saturated rings. The average molecular weight is 405 g/mol. The van der Waals surface area contributed by atoms with E-state index >= 15 is 0 Å². The van der Waals surface area contributed by atoms with Gasteiger partial charge in [0.05, 0.1) is 10.9 Å². The van der Waals surface area contributed by atoms with Gasteiger partial charge in [0.1, 0.15) is 5.82 Å². The number of aryl methyl sites for hydroxylation is 1. The normalized spacial score (nSPS) is 16.5. The summed E-state index contributed by atoms with van der Waals surface area (Å²) in [6.07, 6.45) is 2.75. The second-order valence-corrected chi connectivity index (χ2v) is 9.10. The first-order valence-electron chi connectivity index (χ1n) is 9.46. The number of hydrogen-bond acceptors (Lipinski definition) is 3. The SMILES string of the molecule is Cc1ccc(C(=O)NC(C)c2ccc(F)cc2)cc1S(=O)(=O)N1CCCCC1. The summed E-state index contributed by atoms with van der Waals surface area (Å²) in [7, 11) is -3.62. The highest BCUT2D eigenvalue weighted by Crippen LogP contribution is 2.25. The fourth-order valence-electron chi connectivity index (χ4n) is 3.38. The van der Waals surface area contributed by atoms with Crippen LogP contribution in [0, 0.1) is 12.7 Å². The Morgan fingerprint density at radius 3 is 2.36 bits per heavy atom. The van der Waals surface area contributed by atoms with Crippen molar-refractivity contribution in [2.75, 3.05) is 13.1 Å². The lowest BCUT2D eigenvalue weighted by atomic mass is 10.1. The maximum atomic E-state index is 13.1. The van der Waals surface area contributed by atoms with Gasteiger partial charge in [-0.05, 0) is 62.1 Å². The molecule has 1 saturated heterocycles. The van der Waals surface area contributed by atoms with Gasteiger partial charge in [-0.3, -0.25) is 4.79 Å². The average Bonchev–Trinajstić information content (AvgIpc) is 2.69. The molecule has 28 heavy (non-hydrogen) atoms. The van der Waals surface area contributed by atoms with Gasteiger partial charge < -0.3 is 5.32 Å². The number of carbonyl (C=O) groups is 1. The minimum absolute atomic E-state index is 0.177. The van der Waals surface area contributed by atoms with E-state index in [1.165, 1.54) is 22.5 Å². The molecule has 1 atom stereocenters. The Morgan fingerprint density at radius 2 is 1.71 bits per heavy atom. The third-order valence-corrected chi connectivity index (χ3v) is 7.14. The van der Waals surface area contributed by atoms with Gasteiger partial charge in [0, 0.05) is 18.7 Å². The van der Waals surface area contributed by atoms with Crippen LogP contribution in [0.5, 0.6) is 0 Å². The van der Waals surface area contributed by atoms with E-state index < -0.39 is 10.0 Å². The lowest BCUT2D eigenvalue weighted by molar-refractivity contribution is 0.0939. The predicted molar refractivity (Wildman–Crippen MR) is 106 cm³/mol. The zero-order valence-corrected chi connectivity index (χ0v) is 16.9. The summed E-state index contributed by atoms with van der Waals surface area (Å²) in [5.41, 5.74) is 1.67. The van der Waals surface area contributed by atoms with Gasteiger partial charge in [-0.2, -0.15) is 4.31 Å². The number of hydrogen-bond donors (Lipinski definition) is 1. The smallest absolute Gasteiger partial charge is 0.251 e. The van der Waals surface area contributed by atoms with E-state index in [-0.39, 0.29) is 28.2 Å². The minimum Gasteiger partial charge on any atom is -0.346 e. The van der Waals surface area contributed by atoms with Crippen LogP contribution in [-0.4, -0.2) is 31.7 Å². The van der Waals surface area contributed by atoms with E-state index in [4.69, 9.17) is 0 Å².